The number of hydrogen-bond donors (Lipinski definition) is 1. The number of nitrogens with one attached hydrogen (secondary N) is 1. The third-order valence-electron chi connectivity index (χ3n) is 9.19. The summed E-state index contributed by atoms with van der Waals surface area (Å²) >= 11 is 0. The van der Waals surface area contributed by atoms with Crippen molar-refractivity contribution in [1.82, 2.24) is 0 Å². The van der Waals surface area contributed by atoms with Crippen molar-refractivity contribution in [2.75, 3.05) is 10.2 Å². The maximum Gasteiger partial charge on any atom is 0.125 e. The number of rotatable bonds is 9. The van der Waals surface area contributed by atoms with Crippen molar-refractivity contribution in [3.8, 4) is 11.1 Å². The molecule has 0 atom stereocenters. The van der Waals surface area contributed by atoms with E-state index in [1.54, 1.807) is 24.3 Å². The summed E-state index contributed by atoms with van der Waals surface area (Å²) in [4.78, 5) is 2.13. The maximum absolute atomic E-state index is 15.1. The summed E-state index contributed by atoms with van der Waals surface area (Å²) in [6.07, 6.45) is 5.53. The molecule has 0 amide bonds. The molecular formula is C46H32F2N2. The summed E-state index contributed by atoms with van der Waals surface area (Å²) in [7, 11) is 0. The first-order valence-electron chi connectivity index (χ1n) is 16.5. The van der Waals surface area contributed by atoms with Crippen molar-refractivity contribution in [2.45, 2.75) is 0 Å². The molecule has 0 aliphatic carbocycles. The Balaban J connectivity index is 1.40. The molecule has 0 saturated carbocycles. The van der Waals surface area contributed by atoms with Crippen LogP contribution in [0.2, 0.25) is 0 Å². The lowest BCUT2D eigenvalue weighted by Gasteiger charge is -2.29. The van der Waals surface area contributed by atoms with E-state index in [1.807, 2.05) is 48.6 Å². The average molecular weight is 651 g/mol. The number of nitrogens with zero attached hydrogens (tertiary/aromatic N) is 1. The Bertz CT molecular complexity index is 2590. The summed E-state index contributed by atoms with van der Waals surface area (Å²) in [5, 5.41) is 9.86. The average Bonchev–Trinajstić information content (AvgIpc) is 3.14. The van der Waals surface area contributed by atoms with Crippen LogP contribution in [0.25, 0.3) is 49.0 Å². The second-order valence-corrected chi connectivity index (χ2v) is 12.3. The highest BCUT2D eigenvalue weighted by Gasteiger charge is 2.21. The standard InChI is InChI=1S/C46H32F2N2/c1-3-10-30(4-2)34-25-35(31-11-6-5-7-12-31)27-40(26-34)50(39-16-9-14-37(48)29-39)44-24-20-33-17-21-41-43(49-38-15-8-13-36(47)28-38)23-19-32-18-22-42(44)46(33)45(32)41/h3-29,49H,1-2H2/b30-10+. The zero-order valence-corrected chi connectivity index (χ0v) is 27.2. The minimum absolute atomic E-state index is 0.297. The summed E-state index contributed by atoms with van der Waals surface area (Å²) in [6, 6.07) is 46.8. The van der Waals surface area contributed by atoms with E-state index in [9.17, 15) is 4.39 Å². The van der Waals surface area contributed by atoms with Crippen LogP contribution in [0, 0.1) is 11.6 Å². The van der Waals surface area contributed by atoms with E-state index in [4.69, 9.17) is 0 Å². The van der Waals surface area contributed by atoms with Gasteiger partial charge in [-0.2, -0.15) is 0 Å². The van der Waals surface area contributed by atoms with Crippen molar-refractivity contribution in [1.29, 1.82) is 0 Å². The van der Waals surface area contributed by atoms with Crippen LogP contribution in [0.15, 0.2) is 177 Å². The maximum atomic E-state index is 15.1. The molecule has 2 nitrogen and oxygen atoms in total. The quantitative estimate of drug-likeness (QED) is 0.124. The number of halogens is 2. The smallest absolute Gasteiger partial charge is 0.125 e. The number of anilines is 5. The van der Waals surface area contributed by atoms with Gasteiger partial charge in [0.2, 0.25) is 0 Å². The van der Waals surface area contributed by atoms with Gasteiger partial charge in [0.25, 0.3) is 0 Å². The number of benzene rings is 8. The molecule has 240 valence electrons. The largest absolute Gasteiger partial charge is 0.355 e. The summed E-state index contributed by atoms with van der Waals surface area (Å²) in [6.45, 7) is 8.01. The number of allylic oxidation sites excluding steroid dienone is 4. The lowest BCUT2D eigenvalue weighted by atomic mass is 9.92. The van der Waals surface area contributed by atoms with E-state index < -0.39 is 0 Å². The Morgan fingerprint density at radius 2 is 1.28 bits per heavy atom. The Hall–Kier alpha value is -6.52. The van der Waals surface area contributed by atoms with E-state index in [2.05, 4.69) is 96.2 Å². The SMILES string of the molecule is C=C/C=C(\C=C)c1cc(-c2ccccc2)cc(N(c2cccc(F)c2)c2ccc3ccc4c(Nc5cccc(F)c5)ccc5ccc2c3c54)c1. The predicted molar refractivity (Wildman–Crippen MR) is 208 cm³/mol. The molecule has 0 aromatic heterocycles. The van der Waals surface area contributed by atoms with Gasteiger partial charge in [0.1, 0.15) is 11.6 Å². The highest BCUT2D eigenvalue weighted by molar-refractivity contribution is 6.27. The van der Waals surface area contributed by atoms with Gasteiger partial charge in [-0.15, -0.1) is 0 Å². The molecule has 8 aromatic carbocycles. The molecule has 8 rings (SSSR count). The van der Waals surface area contributed by atoms with Gasteiger partial charge >= 0.3 is 0 Å². The molecular weight excluding hydrogens is 619 g/mol. The van der Waals surface area contributed by atoms with Crippen LogP contribution in [0.1, 0.15) is 5.56 Å². The molecule has 0 heterocycles. The topological polar surface area (TPSA) is 15.3 Å². The van der Waals surface area contributed by atoms with E-state index in [0.717, 1.165) is 71.6 Å². The Kier molecular flexibility index (Phi) is 7.90. The highest BCUT2D eigenvalue weighted by atomic mass is 19.1. The first-order chi connectivity index (χ1) is 24.5. The number of hydrogen-bond acceptors (Lipinski definition) is 2. The fourth-order valence-corrected chi connectivity index (χ4v) is 6.97. The Morgan fingerprint density at radius 1 is 0.580 bits per heavy atom. The third-order valence-corrected chi connectivity index (χ3v) is 9.19. The Labute approximate surface area is 289 Å². The zero-order chi connectivity index (χ0) is 34.2. The van der Waals surface area contributed by atoms with Crippen LogP contribution in [-0.4, -0.2) is 0 Å². The van der Waals surface area contributed by atoms with Crippen molar-refractivity contribution in [3.05, 3.63) is 194 Å². The van der Waals surface area contributed by atoms with Crippen molar-refractivity contribution in [3.63, 3.8) is 0 Å². The molecule has 0 unspecified atom stereocenters. The lowest BCUT2D eigenvalue weighted by molar-refractivity contribution is 0.628. The fraction of sp³-hybridized carbons (Fsp3) is 0. The van der Waals surface area contributed by atoms with Crippen LogP contribution in [0.4, 0.5) is 37.2 Å². The second-order valence-electron chi connectivity index (χ2n) is 12.3. The van der Waals surface area contributed by atoms with Crippen molar-refractivity contribution < 1.29 is 8.78 Å². The van der Waals surface area contributed by atoms with Crippen LogP contribution in [-0.2, 0) is 0 Å². The van der Waals surface area contributed by atoms with E-state index in [-0.39, 0.29) is 11.6 Å². The van der Waals surface area contributed by atoms with Crippen molar-refractivity contribution in [2.24, 2.45) is 0 Å². The molecule has 0 saturated heterocycles. The highest BCUT2D eigenvalue weighted by Crippen LogP contribution is 2.46. The molecule has 0 spiro atoms. The van der Waals surface area contributed by atoms with Crippen LogP contribution >= 0.6 is 0 Å². The predicted octanol–water partition coefficient (Wildman–Crippen LogP) is 13.5. The van der Waals surface area contributed by atoms with Crippen LogP contribution in [0.3, 0.4) is 0 Å². The van der Waals surface area contributed by atoms with E-state index in [0.29, 0.717) is 11.4 Å². The van der Waals surface area contributed by atoms with Crippen LogP contribution in [0.5, 0.6) is 0 Å². The molecule has 0 fully saturated rings. The van der Waals surface area contributed by atoms with Gasteiger partial charge in [-0.3, -0.25) is 0 Å². The molecule has 4 heteroatoms. The van der Waals surface area contributed by atoms with Crippen LogP contribution < -0.4 is 10.2 Å². The Morgan fingerprint density at radius 3 is 2.02 bits per heavy atom. The van der Waals surface area contributed by atoms with Gasteiger partial charge < -0.3 is 10.2 Å². The summed E-state index contributed by atoms with van der Waals surface area (Å²) in [5.41, 5.74) is 7.99. The van der Waals surface area contributed by atoms with Gasteiger partial charge in [0, 0.05) is 33.5 Å². The molecule has 8 aromatic rings. The second kappa shape index (κ2) is 12.8. The molecule has 1 N–H and O–H groups in total. The van der Waals surface area contributed by atoms with Gasteiger partial charge in [-0.25, -0.2) is 8.78 Å². The molecule has 50 heavy (non-hydrogen) atoms. The summed E-state index contributed by atoms with van der Waals surface area (Å²) in [5.74, 6) is -0.620. The molecule has 0 aliphatic heterocycles. The molecule has 0 aliphatic rings. The van der Waals surface area contributed by atoms with E-state index in [1.165, 1.54) is 18.2 Å². The minimum atomic E-state index is -0.323. The fourth-order valence-electron chi connectivity index (χ4n) is 6.97. The third kappa shape index (κ3) is 5.57. The zero-order valence-electron chi connectivity index (χ0n) is 27.2. The van der Waals surface area contributed by atoms with Gasteiger partial charge in [-0.1, -0.05) is 110 Å². The first kappa shape index (κ1) is 30.8. The molecule has 0 bridgehead atoms. The van der Waals surface area contributed by atoms with Gasteiger partial charge in [-0.05, 0) is 111 Å². The van der Waals surface area contributed by atoms with Crippen molar-refractivity contribution >= 4 is 66.3 Å². The first-order valence-corrected chi connectivity index (χ1v) is 16.5. The minimum Gasteiger partial charge on any atom is -0.355 e. The monoisotopic (exact) mass is 650 g/mol. The van der Waals surface area contributed by atoms with E-state index >= 15 is 4.39 Å². The summed E-state index contributed by atoms with van der Waals surface area (Å²) < 4.78 is 29.2. The lowest BCUT2D eigenvalue weighted by Crippen LogP contribution is -2.11. The van der Waals surface area contributed by atoms with Gasteiger partial charge in [0.05, 0.1) is 5.69 Å². The molecule has 0 radical (unpaired) electrons. The van der Waals surface area contributed by atoms with Gasteiger partial charge in [0.15, 0.2) is 0 Å². The normalized spacial score (nSPS) is 11.7.